The number of sulfonamides is 2. The summed E-state index contributed by atoms with van der Waals surface area (Å²) in [7, 11) is -7.34. The summed E-state index contributed by atoms with van der Waals surface area (Å²) in [6.07, 6.45) is 0. The zero-order valence-corrected chi connectivity index (χ0v) is 20.0. The molecule has 0 spiro atoms. The predicted octanol–water partition coefficient (Wildman–Crippen LogP) is 2.72. The van der Waals surface area contributed by atoms with Gasteiger partial charge in [-0.05, 0) is 36.4 Å². The molecule has 1 aromatic heterocycles. The molecule has 0 unspecified atom stereocenters. The van der Waals surface area contributed by atoms with Crippen LogP contribution in [0.5, 0.6) is 0 Å². The quantitative estimate of drug-likeness (QED) is 0.413. The minimum Gasteiger partial charge on any atom is -0.391 e. The first-order valence-electron chi connectivity index (χ1n) is 9.71. The number of nitrogens with one attached hydrogen (secondary N) is 1. The summed E-state index contributed by atoms with van der Waals surface area (Å²) in [5.41, 5.74) is 1.80. The number of hydrogen-bond acceptors (Lipinski definition) is 8. The van der Waals surface area contributed by atoms with Crippen LogP contribution in [0.3, 0.4) is 0 Å². The molecule has 0 fully saturated rings. The van der Waals surface area contributed by atoms with Crippen LogP contribution in [0.1, 0.15) is 18.7 Å². The molecule has 0 aliphatic carbocycles. The van der Waals surface area contributed by atoms with E-state index in [0.29, 0.717) is 40.0 Å². The number of primary sulfonamides is 1. The average molecular weight is 497 g/mol. The highest BCUT2D eigenvalue weighted by atomic mass is 32.2. The Morgan fingerprint density at radius 2 is 1.53 bits per heavy atom. The molecule has 3 aromatic rings. The van der Waals surface area contributed by atoms with Gasteiger partial charge in [0.05, 0.1) is 27.0 Å². The summed E-state index contributed by atoms with van der Waals surface area (Å²) in [6, 6.07) is 12.3. The summed E-state index contributed by atoms with van der Waals surface area (Å²) in [5, 5.41) is 18.4. The Hall–Kier alpha value is -2.35. The van der Waals surface area contributed by atoms with Gasteiger partial charge in [-0.2, -0.15) is 4.31 Å². The second-order valence-electron chi connectivity index (χ2n) is 6.76. The number of benzene rings is 2. The van der Waals surface area contributed by atoms with Crippen LogP contribution in [-0.4, -0.2) is 44.3 Å². The molecule has 0 atom stereocenters. The number of rotatable bonds is 9. The third-order valence-electron chi connectivity index (χ3n) is 4.75. The maximum Gasteiger partial charge on any atom is 0.243 e. The van der Waals surface area contributed by atoms with E-state index in [4.69, 9.17) is 5.14 Å². The number of nitrogens with two attached hydrogens (primary N) is 1. The first-order valence-corrected chi connectivity index (χ1v) is 13.5. The highest BCUT2D eigenvalue weighted by Crippen LogP contribution is 2.33. The first-order chi connectivity index (χ1) is 15.1. The zero-order valence-electron chi connectivity index (χ0n) is 17.5. The van der Waals surface area contributed by atoms with Gasteiger partial charge in [0.25, 0.3) is 0 Å². The number of anilines is 2. The molecule has 0 aliphatic heterocycles. The van der Waals surface area contributed by atoms with Crippen LogP contribution < -0.4 is 10.5 Å². The lowest BCUT2D eigenvalue weighted by Gasteiger charge is -2.18. The minimum atomic E-state index is -3.78. The number of aromatic nitrogens is 1. The summed E-state index contributed by atoms with van der Waals surface area (Å²) in [5.74, 6) is 0. The van der Waals surface area contributed by atoms with E-state index in [1.807, 2.05) is 0 Å². The lowest BCUT2D eigenvalue weighted by atomic mass is 10.1. The van der Waals surface area contributed by atoms with Gasteiger partial charge in [0.2, 0.25) is 20.0 Å². The van der Waals surface area contributed by atoms with Crippen LogP contribution in [0.15, 0.2) is 58.3 Å². The maximum absolute atomic E-state index is 12.7. The van der Waals surface area contributed by atoms with E-state index >= 15 is 0 Å². The summed E-state index contributed by atoms with van der Waals surface area (Å²) >= 11 is 1.24. The van der Waals surface area contributed by atoms with Gasteiger partial charge in [-0.25, -0.2) is 27.0 Å². The Kier molecular flexibility index (Phi) is 7.32. The molecule has 4 N–H and O–H groups in total. The Balaban J connectivity index is 1.87. The molecule has 0 aliphatic rings. The monoisotopic (exact) mass is 496 g/mol. The Labute approximate surface area is 191 Å². The van der Waals surface area contributed by atoms with Crippen LogP contribution in [0.2, 0.25) is 0 Å². The fourth-order valence-electron chi connectivity index (χ4n) is 3.09. The summed E-state index contributed by atoms with van der Waals surface area (Å²) < 4.78 is 49.5. The van der Waals surface area contributed by atoms with Crippen LogP contribution >= 0.6 is 11.3 Å². The van der Waals surface area contributed by atoms with Gasteiger partial charge in [-0.15, -0.1) is 0 Å². The van der Waals surface area contributed by atoms with Crippen molar-refractivity contribution in [2.45, 2.75) is 30.2 Å². The molecule has 0 saturated carbocycles. The van der Waals surface area contributed by atoms with E-state index in [2.05, 4.69) is 10.3 Å². The van der Waals surface area contributed by atoms with Crippen molar-refractivity contribution in [3.63, 3.8) is 0 Å². The summed E-state index contributed by atoms with van der Waals surface area (Å²) in [6.45, 7) is 4.10. The fourth-order valence-corrected chi connectivity index (χ4v) is 5.92. The maximum atomic E-state index is 12.7. The van der Waals surface area contributed by atoms with E-state index in [1.165, 1.54) is 39.9 Å². The molecule has 9 nitrogen and oxygen atoms in total. The van der Waals surface area contributed by atoms with Crippen molar-refractivity contribution in [2.75, 3.05) is 18.4 Å². The minimum absolute atomic E-state index is 0.00122. The van der Waals surface area contributed by atoms with Crippen molar-refractivity contribution in [1.29, 1.82) is 0 Å². The molecule has 0 saturated heterocycles. The SMILES string of the molecule is CCN(CC)S(=O)(=O)c1ccc(-c2nc(Nc3ccc(S(N)(=O)=O)cc3)sc2CO)cc1. The first kappa shape index (κ1) is 24.3. The molecule has 2 aromatic carbocycles. The van der Waals surface area contributed by atoms with E-state index in [9.17, 15) is 21.9 Å². The van der Waals surface area contributed by atoms with E-state index < -0.39 is 20.0 Å². The highest BCUT2D eigenvalue weighted by Gasteiger charge is 2.22. The van der Waals surface area contributed by atoms with Gasteiger partial charge < -0.3 is 10.4 Å². The van der Waals surface area contributed by atoms with E-state index in [-0.39, 0.29) is 16.4 Å². The highest BCUT2D eigenvalue weighted by molar-refractivity contribution is 7.89. The van der Waals surface area contributed by atoms with Crippen molar-refractivity contribution < 1.29 is 21.9 Å². The van der Waals surface area contributed by atoms with Gasteiger partial charge in [0, 0.05) is 24.3 Å². The number of nitrogens with zero attached hydrogens (tertiary/aromatic N) is 2. The number of aliphatic hydroxyl groups is 1. The lowest BCUT2D eigenvalue weighted by Crippen LogP contribution is -2.30. The number of thiazole rings is 1. The third kappa shape index (κ3) is 5.17. The molecule has 1 heterocycles. The molecule has 3 rings (SSSR count). The predicted molar refractivity (Wildman–Crippen MR) is 125 cm³/mol. The van der Waals surface area contributed by atoms with Crippen LogP contribution in [0, 0.1) is 0 Å². The third-order valence-corrected chi connectivity index (χ3v) is 8.69. The molecule has 172 valence electrons. The van der Waals surface area contributed by atoms with Crippen molar-refractivity contribution in [3.05, 3.63) is 53.4 Å². The molecule has 12 heteroatoms. The van der Waals surface area contributed by atoms with Crippen molar-refractivity contribution in [1.82, 2.24) is 9.29 Å². The smallest absolute Gasteiger partial charge is 0.243 e. The normalized spacial score (nSPS) is 12.3. The van der Waals surface area contributed by atoms with Crippen LogP contribution in [0.4, 0.5) is 10.8 Å². The van der Waals surface area contributed by atoms with Crippen molar-refractivity contribution in [3.8, 4) is 11.3 Å². The molecular formula is C20H24N4O5S3. The van der Waals surface area contributed by atoms with Gasteiger partial charge >= 0.3 is 0 Å². The van der Waals surface area contributed by atoms with E-state index in [0.717, 1.165) is 0 Å². The molecule has 0 radical (unpaired) electrons. The second kappa shape index (κ2) is 9.65. The molecule has 32 heavy (non-hydrogen) atoms. The standard InChI is InChI=1S/C20H24N4O5S3/c1-3-24(4-2)32(28,29)17-9-5-14(6-10-17)19-18(13-25)30-20(23-19)22-15-7-11-16(12-8-15)31(21,26)27/h5-12,25H,3-4,13H2,1-2H3,(H,22,23)(H2,21,26,27). The Morgan fingerprint density at radius 3 is 2.03 bits per heavy atom. The molecule has 0 amide bonds. The van der Waals surface area contributed by atoms with E-state index in [1.54, 1.807) is 38.1 Å². The lowest BCUT2D eigenvalue weighted by molar-refractivity contribution is 0.286. The van der Waals surface area contributed by atoms with Crippen LogP contribution in [-0.2, 0) is 26.7 Å². The average Bonchev–Trinajstić information content (AvgIpc) is 3.17. The molecule has 0 bridgehead atoms. The van der Waals surface area contributed by atoms with Gasteiger partial charge in [-0.1, -0.05) is 37.3 Å². The zero-order chi connectivity index (χ0) is 23.5. The van der Waals surface area contributed by atoms with Gasteiger partial charge in [0.15, 0.2) is 5.13 Å². The largest absolute Gasteiger partial charge is 0.391 e. The Bertz CT molecular complexity index is 1280. The Morgan fingerprint density at radius 1 is 0.969 bits per heavy atom. The fraction of sp³-hybridized carbons (Fsp3) is 0.250. The number of hydrogen-bond donors (Lipinski definition) is 3. The van der Waals surface area contributed by atoms with Gasteiger partial charge in [0.1, 0.15) is 0 Å². The topological polar surface area (TPSA) is 143 Å². The summed E-state index contributed by atoms with van der Waals surface area (Å²) in [4.78, 5) is 5.32. The van der Waals surface area contributed by atoms with Crippen LogP contribution in [0.25, 0.3) is 11.3 Å². The van der Waals surface area contributed by atoms with Gasteiger partial charge in [-0.3, -0.25) is 0 Å². The number of aliphatic hydroxyl groups excluding tert-OH is 1. The van der Waals surface area contributed by atoms with Crippen molar-refractivity contribution in [2.24, 2.45) is 5.14 Å². The van der Waals surface area contributed by atoms with Crippen molar-refractivity contribution >= 4 is 42.2 Å². The molecular weight excluding hydrogens is 472 g/mol. The second-order valence-corrected chi connectivity index (χ2v) is 11.3.